The molecule has 7 heteroatoms. The Labute approximate surface area is 170 Å². The van der Waals surface area contributed by atoms with E-state index in [9.17, 15) is 4.79 Å². The fourth-order valence-corrected chi connectivity index (χ4v) is 4.45. The topological polar surface area (TPSA) is 67.2 Å². The number of pyridine rings is 1. The Bertz CT molecular complexity index is 973. The summed E-state index contributed by atoms with van der Waals surface area (Å²) in [6, 6.07) is 14.3. The van der Waals surface area contributed by atoms with E-state index in [0.717, 1.165) is 49.5 Å². The van der Waals surface area contributed by atoms with Gasteiger partial charge in [-0.1, -0.05) is 29.5 Å². The largest absolute Gasteiger partial charge is 0.339 e. The van der Waals surface area contributed by atoms with E-state index in [4.69, 9.17) is 0 Å². The predicted molar refractivity (Wildman–Crippen MR) is 108 cm³/mol. The molecule has 2 aliphatic heterocycles. The molecule has 0 aliphatic carbocycles. The van der Waals surface area contributed by atoms with Crippen LogP contribution in [-0.2, 0) is 17.8 Å². The normalized spacial score (nSPS) is 21.4. The molecule has 29 heavy (non-hydrogen) atoms. The van der Waals surface area contributed by atoms with E-state index in [1.165, 1.54) is 0 Å². The van der Waals surface area contributed by atoms with Crippen molar-refractivity contribution in [2.24, 2.45) is 5.92 Å². The third-order valence-corrected chi connectivity index (χ3v) is 5.96. The molecule has 2 saturated heterocycles. The van der Waals surface area contributed by atoms with Crippen molar-refractivity contribution in [1.82, 2.24) is 29.8 Å². The molecule has 4 heterocycles. The highest BCUT2D eigenvalue weighted by molar-refractivity contribution is 5.80. The van der Waals surface area contributed by atoms with Crippen molar-refractivity contribution in [1.29, 1.82) is 0 Å². The predicted octanol–water partition coefficient (Wildman–Crippen LogP) is 1.94. The lowest BCUT2D eigenvalue weighted by Gasteiger charge is -2.53. The van der Waals surface area contributed by atoms with Crippen LogP contribution in [-0.4, -0.2) is 61.4 Å². The van der Waals surface area contributed by atoms with Crippen LogP contribution in [0.2, 0.25) is 0 Å². The fraction of sp³-hybridized carbons (Fsp3) is 0.364. The summed E-state index contributed by atoms with van der Waals surface area (Å²) in [5.41, 5.74) is 2.99. The smallest absolute Gasteiger partial charge is 0.227 e. The summed E-state index contributed by atoms with van der Waals surface area (Å²) < 4.78 is 1.82. The molecule has 1 amide bonds. The Morgan fingerprint density at radius 2 is 2.00 bits per heavy atom. The van der Waals surface area contributed by atoms with Crippen LogP contribution in [0.4, 0.5) is 0 Å². The molecule has 2 aromatic heterocycles. The Morgan fingerprint density at radius 3 is 2.79 bits per heavy atom. The highest BCUT2D eigenvalue weighted by Gasteiger charge is 2.44. The van der Waals surface area contributed by atoms with Gasteiger partial charge < -0.3 is 4.90 Å². The van der Waals surface area contributed by atoms with Crippen molar-refractivity contribution in [2.45, 2.75) is 25.4 Å². The summed E-state index contributed by atoms with van der Waals surface area (Å²) >= 11 is 0. The summed E-state index contributed by atoms with van der Waals surface area (Å²) in [6.45, 7) is 3.66. The number of aromatic nitrogens is 4. The van der Waals surface area contributed by atoms with Crippen LogP contribution >= 0.6 is 0 Å². The number of carbonyl (C=O) groups excluding carboxylic acids is 1. The molecule has 2 fully saturated rings. The maximum absolute atomic E-state index is 12.6. The van der Waals surface area contributed by atoms with Gasteiger partial charge in [-0.3, -0.25) is 14.7 Å². The third kappa shape index (κ3) is 3.78. The number of rotatable bonds is 5. The number of fused-ring (bicyclic) bond motifs is 1. The first-order valence-electron chi connectivity index (χ1n) is 10.1. The molecule has 2 atom stereocenters. The summed E-state index contributed by atoms with van der Waals surface area (Å²) in [4.78, 5) is 21.2. The highest BCUT2D eigenvalue weighted by atomic mass is 16.2. The van der Waals surface area contributed by atoms with Gasteiger partial charge >= 0.3 is 0 Å². The number of benzene rings is 1. The van der Waals surface area contributed by atoms with E-state index < -0.39 is 0 Å². The first-order chi connectivity index (χ1) is 14.3. The highest BCUT2D eigenvalue weighted by Crippen LogP contribution is 2.33. The molecule has 1 aromatic carbocycles. The molecule has 0 spiro atoms. The molecular formula is C22H24N6O. The number of carbonyl (C=O) groups is 1. The van der Waals surface area contributed by atoms with Gasteiger partial charge in [-0.05, 0) is 30.2 Å². The molecule has 5 rings (SSSR count). The van der Waals surface area contributed by atoms with E-state index in [1.807, 2.05) is 53.3 Å². The maximum Gasteiger partial charge on any atom is 0.227 e. The Kier molecular flexibility index (Phi) is 4.81. The van der Waals surface area contributed by atoms with Crippen LogP contribution < -0.4 is 0 Å². The van der Waals surface area contributed by atoms with Crippen molar-refractivity contribution < 1.29 is 4.79 Å². The van der Waals surface area contributed by atoms with Gasteiger partial charge in [-0.15, -0.1) is 5.10 Å². The second-order valence-corrected chi connectivity index (χ2v) is 7.93. The molecule has 0 bridgehead atoms. The first-order valence-corrected chi connectivity index (χ1v) is 10.1. The third-order valence-electron chi connectivity index (χ3n) is 5.96. The molecule has 2 aliphatic rings. The van der Waals surface area contributed by atoms with Gasteiger partial charge in [0, 0.05) is 50.5 Å². The number of hydrogen-bond acceptors (Lipinski definition) is 5. The number of amides is 1. The monoisotopic (exact) mass is 388 g/mol. The number of nitrogens with zero attached hydrogens (tertiary/aromatic N) is 6. The summed E-state index contributed by atoms with van der Waals surface area (Å²) in [7, 11) is 0. The number of para-hydroxylation sites is 1. The van der Waals surface area contributed by atoms with Gasteiger partial charge in [0.05, 0.1) is 24.0 Å². The van der Waals surface area contributed by atoms with Gasteiger partial charge in [0.1, 0.15) is 0 Å². The van der Waals surface area contributed by atoms with E-state index in [-0.39, 0.29) is 5.91 Å². The second kappa shape index (κ2) is 7.75. The molecule has 7 nitrogen and oxygen atoms in total. The quantitative estimate of drug-likeness (QED) is 0.668. The van der Waals surface area contributed by atoms with Gasteiger partial charge in [0.15, 0.2) is 0 Å². The molecule has 0 saturated carbocycles. The lowest BCUT2D eigenvalue weighted by Crippen LogP contribution is -2.65. The Balaban J connectivity index is 1.15. The average Bonchev–Trinajstić information content (AvgIpc) is 3.20. The van der Waals surface area contributed by atoms with Gasteiger partial charge in [-0.25, -0.2) is 4.68 Å². The number of likely N-dealkylation sites (tertiary alicyclic amines) is 2. The maximum atomic E-state index is 12.6. The van der Waals surface area contributed by atoms with Crippen LogP contribution in [0.25, 0.3) is 5.69 Å². The lowest BCUT2D eigenvalue weighted by atomic mass is 9.82. The number of hydrogen-bond donors (Lipinski definition) is 0. The lowest BCUT2D eigenvalue weighted by molar-refractivity contribution is -0.147. The van der Waals surface area contributed by atoms with Crippen LogP contribution in [0.5, 0.6) is 0 Å². The zero-order valence-corrected chi connectivity index (χ0v) is 16.3. The molecular weight excluding hydrogens is 364 g/mol. The fourth-order valence-electron chi connectivity index (χ4n) is 4.45. The van der Waals surface area contributed by atoms with E-state index in [1.54, 1.807) is 12.4 Å². The van der Waals surface area contributed by atoms with Crippen molar-refractivity contribution in [3.8, 4) is 5.69 Å². The minimum Gasteiger partial charge on any atom is -0.339 e. The van der Waals surface area contributed by atoms with Crippen LogP contribution in [0, 0.1) is 5.92 Å². The zero-order chi connectivity index (χ0) is 19.6. The summed E-state index contributed by atoms with van der Waals surface area (Å²) in [5, 5.41) is 8.60. The molecule has 3 aromatic rings. The van der Waals surface area contributed by atoms with Gasteiger partial charge in [0.2, 0.25) is 5.91 Å². The SMILES string of the molecule is O=C(Cc1cccnc1)N1C[C@@H]2CN(Cc3cn(-c4ccccc4)nn3)CC[C@@H]21. The van der Waals surface area contributed by atoms with E-state index in [0.29, 0.717) is 18.4 Å². The van der Waals surface area contributed by atoms with Crippen molar-refractivity contribution in [3.05, 3.63) is 72.3 Å². The zero-order valence-electron chi connectivity index (χ0n) is 16.3. The molecule has 148 valence electrons. The molecule has 0 N–H and O–H groups in total. The second-order valence-electron chi connectivity index (χ2n) is 7.93. The first kappa shape index (κ1) is 18.0. The average molecular weight is 388 g/mol. The van der Waals surface area contributed by atoms with Crippen molar-refractivity contribution in [2.75, 3.05) is 19.6 Å². The summed E-state index contributed by atoms with van der Waals surface area (Å²) in [6.07, 6.45) is 6.99. The molecule has 0 unspecified atom stereocenters. The Hall–Kier alpha value is -3.06. The standard InChI is InChI=1S/C22H24N6O/c29-22(11-17-5-4-9-23-12-17)27-14-18-13-26(10-8-21(18)27)15-19-16-28(25-24-19)20-6-2-1-3-7-20/h1-7,9,12,16,18,21H,8,10-11,13-15H2/t18-,21-/m0/s1. The summed E-state index contributed by atoms with van der Waals surface area (Å²) in [5.74, 6) is 0.782. The van der Waals surface area contributed by atoms with Gasteiger partial charge in [-0.2, -0.15) is 0 Å². The van der Waals surface area contributed by atoms with Crippen LogP contribution in [0.1, 0.15) is 17.7 Å². The van der Waals surface area contributed by atoms with Crippen molar-refractivity contribution >= 4 is 5.91 Å². The van der Waals surface area contributed by atoms with Crippen molar-refractivity contribution in [3.63, 3.8) is 0 Å². The van der Waals surface area contributed by atoms with E-state index >= 15 is 0 Å². The minimum atomic E-state index is 0.221. The Morgan fingerprint density at radius 1 is 1.10 bits per heavy atom. The van der Waals surface area contributed by atoms with Crippen LogP contribution in [0.15, 0.2) is 61.1 Å². The van der Waals surface area contributed by atoms with E-state index in [2.05, 4.69) is 25.1 Å². The van der Waals surface area contributed by atoms with Gasteiger partial charge in [0.25, 0.3) is 0 Å². The number of piperidine rings is 1. The van der Waals surface area contributed by atoms with Crippen LogP contribution in [0.3, 0.4) is 0 Å². The molecule has 0 radical (unpaired) electrons. The minimum absolute atomic E-state index is 0.221.